The molecule has 0 aromatic carbocycles. The summed E-state index contributed by atoms with van der Waals surface area (Å²) in [5, 5.41) is -1.94. The monoisotopic (exact) mass is 739 g/mol. The van der Waals surface area contributed by atoms with Crippen LogP contribution in [0.4, 0.5) is 0 Å². The number of hydrogen-bond acceptors (Lipinski definition) is 7. The van der Waals surface area contributed by atoms with Gasteiger partial charge in [0, 0.05) is 6.42 Å². The van der Waals surface area contributed by atoms with Crippen LogP contribution in [-0.2, 0) is 29.2 Å². The molecule has 0 aliphatic carbocycles. The quantitative estimate of drug-likeness (QED) is 0.0670. The van der Waals surface area contributed by atoms with Crippen LogP contribution in [0.5, 0.6) is 0 Å². The predicted molar refractivity (Wildman–Crippen MR) is 203 cm³/mol. The number of carbonyl (C=O) groups is 2. The molecule has 9 heteroatoms. The molecule has 0 saturated carbocycles. The van der Waals surface area contributed by atoms with Crippen LogP contribution in [0.3, 0.4) is 0 Å². The van der Waals surface area contributed by atoms with Gasteiger partial charge in [-0.3, -0.25) is 9.59 Å². The van der Waals surface area contributed by atoms with Crippen molar-refractivity contribution in [3.05, 3.63) is 0 Å². The summed E-state index contributed by atoms with van der Waals surface area (Å²) in [5.41, 5.74) is 0.664. The van der Waals surface area contributed by atoms with Crippen LogP contribution in [0.25, 0.3) is 0 Å². The third-order valence-electron chi connectivity index (χ3n) is 9.58. The molecule has 0 N–H and O–H groups in total. The molecule has 0 aromatic rings. The second-order valence-corrected chi connectivity index (χ2v) is 22.3. The Morgan fingerprint density at radius 3 is 1.22 bits per heavy atom. The van der Waals surface area contributed by atoms with Gasteiger partial charge in [0.25, 0.3) is 0 Å². The summed E-state index contributed by atoms with van der Waals surface area (Å²) in [7, 11) is -5.03. The second kappa shape index (κ2) is 22.3. The summed E-state index contributed by atoms with van der Waals surface area (Å²) < 4.78 is 48.0. The van der Waals surface area contributed by atoms with Crippen molar-refractivity contribution in [3.8, 4) is 0 Å². The van der Waals surface area contributed by atoms with Crippen LogP contribution < -0.4 is 29.6 Å². The van der Waals surface area contributed by atoms with Crippen molar-refractivity contribution < 1.29 is 61.6 Å². The molecule has 50 heavy (non-hydrogen) atoms. The van der Waals surface area contributed by atoms with Crippen LogP contribution >= 0.6 is 0 Å². The summed E-state index contributed by atoms with van der Waals surface area (Å²) in [4.78, 5) is 26.0. The maximum atomic E-state index is 13.1. The third-order valence-corrected chi connectivity index (χ3v) is 10.7. The molecule has 0 saturated heterocycles. The molecule has 0 bridgehead atoms. The number of esters is 2. The normalized spacial score (nSPS) is 17.5. The Hall–Kier alpha value is -0.150. The Labute approximate surface area is 332 Å². The molecule has 0 spiro atoms. The SMILES string of the molecule is CC(CCC(COC(=O)CCC(C(=O)OCC(CCC(C)CC(C)(C)C)C(C)CC(C)(C)C)S(=O)(=O)[O-])C(C)CC(C)(C)C)CC(C)(C)C.[Na+]. The smallest absolute Gasteiger partial charge is 0.747 e. The fourth-order valence-corrected chi connectivity index (χ4v) is 8.52. The van der Waals surface area contributed by atoms with Gasteiger partial charge >= 0.3 is 41.5 Å². The fourth-order valence-electron chi connectivity index (χ4n) is 7.80. The number of rotatable bonds is 21. The van der Waals surface area contributed by atoms with E-state index in [1.807, 2.05) is 0 Å². The van der Waals surface area contributed by atoms with Gasteiger partial charge in [-0.25, -0.2) is 8.42 Å². The van der Waals surface area contributed by atoms with Gasteiger partial charge in [0.15, 0.2) is 0 Å². The van der Waals surface area contributed by atoms with E-state index in [4.69, 9.17) is 9.47 Å². The molecule has 7 unspecified atom stereocenters. The minimum Gasteiger partial charge on any atom is -0.747 e. The van der Waals surface area contributed by atoms with Gasteiger partial charge in [-0.05, 0) is 102 Å². The summed E-state index contributed by atoms with van der Waals surface area (Å²) in [6, 6.07) is 0. The van der Waals surface area contributed by atoms with E-state index in [1.165, 1.54) is 0 Å². The number of carbonyl (C=O) groups excluding carboxylic acids is 2. The van der Waals surface area contributed by atoms with Crippen LogP contribution in [-0.4, -0.2) is 43.4 Å². The molecule has 0 fully saturated rings. The van der Waals surface area contributed by atoms with Gasteiger partial charge in [0.05, 0.1) is 13.2 Å². The molecule has 0 aliphatic heterocycles. The maximum Gasteiger partial charge on any atom is 1.00 e. The Kier molecular flexibility index (Phi) is 23.2. The third kappa shape index (κ3) is 26.6. The van der Waals surface area contributed by atoms with Crippen LogP contribution in [0.2, 0.25) is 0 Å². The Bertz CT molecular complexity index is 1080. The molecule has 0 heterocycles. The molecular weight excluding hydrogens is 660 g/mol. The van der Waals surface area contributed by atoms with Crippen LogP contribution in [0, 0.1) is 57.2 Å². The largest absolute Gasteiger partial charge is 1.00 e. The first-order valence-electron chi connectivity index (χ1n) is 19.2. The van der Waals surface area contributed by atoms with E-state index in [2.05, 4.69) is 111 Å². The van der Waals surface area contributed by atoms with Gasteiger partial charge in [0.2, 0.25) is 0 Å². The number of ether oxygens (including phenoxy) is 2. The average molecular weight is 739 g/mol. The molecule has 0 aromatic heterocycles. The summed E-state index contributed by atoms with van der Waals surface area (Å²) in [5.74, 6) is 0.114. The van der Waals surface area contributed by atoms with E-state index in [1.54, 1.807) is 0 Å². The van der Waals surface area contributed by atoms with Crippen molar-refractivity contribution in [1.29, 1.82) is 0 Å². The van der Waals surface area contributed by atoms with Crippen molar-refractivity contribution in [2.75, 3.05) is 13.2 Å². The second-order valence-electron chi connectivity index (χ2n) is 20.7. The molecule has 0 aliphatic rings. The Balaban J connectivity index is 0. The topological polar surface area (TPSA) is 110 Å². The summed E-state index contributed by atoms with van der Waals surface area (Å²) >= 11 is 0. The summed E-state index contributed by atoms with van der Waals surface area (Å²) in [6.07, 6.45) is 7.07. The van der Waals surface area contributed by atoms with Crippen molar-refractivity contribution in [1.82, 2.24) is 0 Å². The van der Waals surface area contributed by atoms with E-state index in [0.717, 1.165) is 51.4 Å². The van der Waals surface area contributed by atoms with E-state index in [0.29, 0.717) is 17.8 Å². The zero-order valence-electron chi connectivity index (χ0n) is 35.8. The zero-order chi connectivity index (χ0) is 38.6. The minimum absolute atomic E-state index is 0. The van der Waals surface area contributed by atoms with Crippen molar-refractivity contribution in [2.45, 2.75) is 180 Å². The molecule has 0 rings (SSSR count). The molecule has 0 radical (unpaired) electrons. The van der Waals surface area contributed by atoms with Crippen molar-refractivity contribution in [2.24, 2.45) is 57.2 Å². The number of hydrogen-bond donors (Lipinski definition) is 0. The zero-order valence-corrected chi connectivity index (χ0v) is 38.6. The van der Waals surface area contributed by atoms with Crippen molar-refractivity contribution >= 4 is 22.1 Å². The first kappa shape index (κ1) is 52.0. The Morgan fingerprint density at radius 2 is 0.900 bits per heavy atom. The minimum atomic E-state index is -5.03. The first-order valence-corrected chi connectivity index (χ1v) is 20.6. The molecule has 292 valence electrons. The van der Waals surface area contributed by atoms with Gasteiger partial charge in [-0.2, -0.15) is 0 Å². The fraction of sp³-hybridized carbons (Fsp3) is 0.951. The Morgan fingerprint density at radius 1 is 0.560 bits per heavy atom. The maximum absolute atomic E-state index is 13.1. The first-order chi connectivity index (χ1) is 21.9. The summed E-state index contributed by atoms with van der Waals surface area (Å²) in [6.45, 7) is 35.7. The molecule has 7 atom stereocenters. The molecule has 7 nitrogen and oxygen atoms in total. The van der Waals surface area contributed by atoms with Crippen molar-refractivity contribution in [3.63, 3.8) is 0 Å². The van der Waals surface area contributed by atoms with E-state index in [9.17, 15) is 22.6 Å². The van der Waals surface area contributed by atoms with Gasteiger partial charge in [-0.1, -0.05) is 124 Å². The molecular formula is C41H79NaO7S. The van der Waals surface area contributed by atoms with Gasteiger partial charge in [0.1, 0.15) is 15.4 Å². The predicted octanol–water partition coefficient (Wildman–Crippen LogP) is 7.85. The van der Waals surface area contributed by atoms with Gasteiger partial charge < -0.3 is 14.0 Å². The van der Waals surface area contributed by atoms with Crippen LogP contribution in [0.1, 0.15) is 175 Å². The van der Waals surface area contributed by atoms with Crippen LogP contribution in [0.15, 0.2) is 0 Å². The van der Waals surface area contributed by atoms with E-state index in [-0.39, 0.29) is 88.6 Å². The van der Waals surface area contributed by atoms with E-state index < -0.39 is 33.7 Å². The molecule has 0 amide bonds. The average Bonchev–Trinajstić information content (AvgIpc) is 2.83. The van der Waals surface area contributed by atoms with E-state index >= 15 is 0 Å². The van der Waals surface area contributed by atoms with Gasteiger partial charge in [-0.15, -0.1) is 0 Å². The standard InChI is InChI=1S/C41H80O7S.Na/c1-29(23-38(5,6)7)17-19-33(31(3)25-40(11,12)13)27-47-36(42)22-21-35(49(44,45)46)37(43)48-28-34(32(4)26-41(14,15)16)20-18-30(2)24-39(8,9)10;/h29-35H,17-28H2,1-16H3,(H,44,45,46);/q;+1/p-1.